The molecule has 0 aromatic rings. The number of nitrogens with zero attached hydrogens (tertiary/aromatic N) is 1. The molecule has 2 amide bonds. The highest BCUT2D eigenvalue weighted by atomic mass is 16.2. The van der Waals surface area contributed by atoms with E-state index in [0.717, 1.165) is 25.9 Å². The molecule has 5 heteroatoms. The van der Waals surface area contributed by atoms with Gasteiger partial charge in [-0.1, -0.05) is 0 Å². The zero-order valence-corrected chi connectivity index (χ0v) is 11.2. The number of fused-ring (bicyclic) bond motifs is 1. The molecule has 0 aromatic heterocycles. The molecule has 18 heavy (non-hydrogen) atoms. The van der Waals surface area contributed by atoms with Gasteiger partial charge in [0.25, 0.3) is 0 Å². The minimum absolute atomic E-state index is 0.139. The van der Waals surface area contributed by atoms with E-state index < -0.39 is 5.41 Å². The summed E-state index contributed by atoms with van der Waals surface area (Å²) in [5.41, 5.74) is 5.18. The average Bonchev–Trinajstić information content (AvgIpc) is 2.37. The SMILES string of the molecule is CC(C)(CN)C(=O)N1CCC2NC(=O)CCC2C1. The van der Waals surface area contributed by atoms with Crippen LogP contribution in [-0.2, 0) is 9.59 Å². The highest BCUT2D eigenvalue weighted by molar-refractivity contribution is 5.82. The van der Waals surface area contributed by atoms with Crippen LogP contribution in [0, 0.1) is 11.3 Å². The van der Waals surface area contributed by atoms with Gasteiger partial charge in [-0.3, -0.25) is 9.59 Å². The van der Waals surface area contributed by atoms with Crippen LogP contribution in [0.5, 0.6) is 0 Å². The number of hydrogen-bond donors (Lipinski definition) is 2. The van der Waals surface area contributed by atoms with Crippen LogP contribution in [0.25, 0.3) is 0 Å². The van der Waals surface area contributed by atoms with Crippen molar-refractivity contribution in [1.82, 2.24) is 10.2 Å². The minimum atomic E-state index is -0.481. The molecule has 102 valence electrons. The molecule has 0 bridgehead atoms. The summed E-state index contributed by atoms with van der Waals surface area (Å²) in [6.07, 6.45) is 2.34. The molecular formula is C13H23N3O2. The van der Waals surface area contributed by atoms with Gasteiger partial charge < -0.3 is 16.0 Å². The van der Waals surface area contributed by atoms with Gasteiger partial charge in [0, 0.05) is 32.1 Å². The predicted molar refractivity (Wildman–Crippen MR) is 68.7 cm³/mol. The average molecular weight is 253 g/mol. The lowest BCUT2D eigenvalue weighted by atomic mass is 9.83. The first-order chi connectivity index (χ1) is 8.44. The van der Waals surface area contributed by atoms with E-state index in [4.69, 9.17) is 5.73 Å². The van der Waals surface area contributed by atoms with Crippen LogP contribution in [0.15, 0.2) is 0 Å². The van der Waals surface area contributed by atoms with Crippen molar-refractivity contribution in [1.29, 1.82) is 0 Å². The van der Waals surface area contributed by atoms with E-state index in [1.807, 2.05) is 18.7 Å². The van der Waals surface area contributed by atoms with E-state index >= 15 is 0 Å². The van der Waals surface area contributed by atoms with E-state index in [1.165, 1.54) is 0 Å². The zero-order chi connectivity index (χ0) is 13.3. The number of hydrogen-bond acceptors (Lipinski definition) is 3. The lowest BCUT2D eigenvalue weighted by molar-refractivity contribution is -0.143. The smallest absolute Gasteiger partial charge is 0.229 e. The molecule has 2 unspecified atom stereocenters. The lowest BCUT2D eigenvalue weighted by Gasteiger charge is -2.43. The molecule has 0 aromatic carbocycles. The van der Waals surface area contributed by atoms with Crippen LogP contribution in [-0.4, -0.2) is 42.4 Å². The number of nitrogens with two attached hydrogens (primary N) is 1. The van der Waals surface area contributed by atoms with Gasteiger partial charge in [-0.2, -0.15) is 0 Å². The van der Waals surface area contributed by atoms with E-state index in [-0.39, 0.29) is 17.9 Å². The quantitative estimate of drug-likeness (QED) is 0.733. The number of piperidine rings is 2. The highest BCUT2D eigenvalue weighted by Gasteiger charge is 2.38. The van der Waals surface area contributed by atoms with Gasteiger partial charge in [0.05, 0.1) is 5.41 Å². The molecule has 0 radical (unpaired) electrons. The molecular weight excluding hydrogens is 230 g/mol. The maximum absolute atomic E-state index is 12.3. The Labute approximate surface area is 108 Å². The second-order valence-electron chi connectivity index (χ2n) is 6.10. The van der Waals surface area contributed by atoms with Gasteiger partial charge in [-0.25, -0.2) is 0 Å². The molecule has 2 aliphatic heterocycles. The van der Waals surface area contributed by atoms with Crippen molar-refractivity contribution in [2.24, 2.45) is 17.1 Å². The van der Waals surface area contributed by atoms with Crippen LogP contribution >= 0.6 is 0 Å². The molecule has 2 saturated heterocycles. The summed E-state index contributed by atoms with van der Waals surface area (Å²) >= 11 is 0. The van der Waals surface area contributed by atoms with Crippen molar-refractivity contribution in [3.8, 4) is 0 Å². The minimum Gasteiger partial charge on any atom is -0.353 e. The molecule has 2 rings (SSSR count). The number of likely N-dealkylation sites (tertiary alicyclic amines) is 1. The number of amides is 2. The first-order valence-corrected chi connectivity index (χ1v) is 6.73. The Morgan fingerprint density at radius 3 is 2.89 bits per heavy atom. The monoisotopic (exact) mass is 253 g/mol. The standard InChI is InChI=1S/C13H23N3O2/c1-13(2,8-14)12(18)16-6-5-10-9(7-16)3-4-11(17)15-10/h9-10H,3-8,14H2,1-2H3,(H,15,17). The van der Waals surface area contributed by atoms with Crippen LogP contribution in [0.2, 0.25) is 0 Å². The van der Waals surface area contributed by atoms with Gasteiger partial charge >= 0.3 is 0 Å². The molecule has 0 spiro atoms. The Kier molecular flexibility index (Phi) is 3.61. The first-order valence-electron chi connectivity index (χ1n) is 6.73. The summed E-state index contributed by atoms with van der Waals surface area (Å²) in [4.78, 5) is 25.6. The Balaban J connectivity index is 1.99. The predicted octanol–water partition coefficient (Wildman–Crippen LogP) is 0.0984. The topological polar surface area (TPSA) is 75.4 Å². The van der Waals surface area contributed by atoms with E-state index in [2.05, 4.69) is 5.32 Å². The van der Waals surface area contributed by atoms with Crippen molar-refractivity contribution in [3.05, 3.63) is 0 Å². The summed E-state index contributed by atoms with van der Waals surface area (Å²) < 4.78 is 0. The highest BCUT2D eigenvalue weighted by Crippen LogP contribution is 2.28. The summed E-state index contributed by atoms with van der Waals surface area (Å²) in [5.74, 6) is 0.702. The third kappa shape index (κ3) is 2.51. The molecule has 2 fully saturated rings. The number of rotatable bonds is 2. The number of nitrogens with one attached hydrogen (secondary N) is 1. The van der Waals surface area contributed by atoms with Crippen molar-refractivity contribution < 1.29 is 9.59 Å². The molecule has 2 heterocycles. The Morgan fingerprint density at radius 1 is 1.50 bits per heavy atom. The van der Waals surface area contributed by atoms with Crippen molar-refractivity contribution >= 4 is 11.8 Å². The van der Waals surface area contributed by atoms with Gasteiger partial charge in [-0.15, -0.1) is 0 Å². The largest absolute Gasteiger partial charge is 0.353 e. The van der Waals surface area contributed by atoms with Crippen LogP contribution in [0.1, 0.15) is 33.1 Å². The fourth-order valence-electron chi connectivity index (χ4n) is 2.81. The Bertz CT molecular complexity index is 354. The molecule has 5 nitrogen and oxygen atoms in total. The van der Waals surface area contributed by atoms with Gasteiger partial charge in [0.15, 0.2) is 0 Å². The molecule has 2 atom stereocenters. The number of carbonyl (C=O) groups excluding carboxylic acids is 2. The molecule has 0 saturated carbocycles. The fraction of sp³-hybridized carbons (Fsp3) is 0.846. The maximum atomic E-state index is 12.3. The van der Waals surface area contributed by atoms with E-state index in [0.29, 0.717) is 18.9 Å². The molecule has 0 aliphatic carbocycles. The lowest BCUT2D eigenvalue weighted by Crippen LogP contribution is -2.57. The van der Waals surface area contributed by atoms with Gasteiger partial charge in [-0.05, 0) is 32.6 Å². The third-order valence-corrected chi connectivity index (χ3v) is 4.20. The van der Waals surface area contributed by atoms with Gasteiger partial charge in [0.1, 0.15) is 0 Å². The summed E-state index contributed by atoms with van der Waals surface area (Å²) in [6, 6.07) is 0.260. The third-order valence-electron chi connectivity index (χ3n) is 4.20. The van der Waals surface area contributed by atoms with Crippen molar-refractivity contribution in [2.45, 2.75) is 39.2 Å². The van der Waals surface area contributed by atoms with E-state index in [9.17, 15) is 9.59 Å². The van der Waals surface area contributed by atoms with Crippen molar-refractivity contribution in [2.75, 3.05) is 19.6 Å². The van der Waals surface area contributed by atoms with Crippen LogP contribution in [0.4, 0.5) is 0 Å². The van der Waals surface area contributed by atoms with Crippen molar-refractivity contribution in [3.63, 3.8) is 0 Å². The maximum Gasteiger partial charge on any atom is 0.229 e. The second kappa shape index (κ2) is 4.88. The van der Waals surface area contributed by atoms with E-state index in [1.54, 1.807) is 0 Å². The zero-order valence-electron chi connectivity index (χ0n) is 11.2. The van der Waals surface area contributed by atoms with Crippen LogP contribution < -0.4 is 11.1 Å². The van der Waals surface area contributed by atoms with Crippen LogP contribution in [0.3, 0.4) is 0 Å². The fourth-order valence-corrected chi connectivity index (χ4v) is 2.81. The Morgan fingerprint density at radius 2 is 2.22 bits per heavy atom. The molecule has 2 aliphatic rings. The second-order valence-corrected chi connectivity index (χ2v) is 6.10. The van der Waals surface area contributed by atoms with Gasteiger partial charge in [0.2, 0.25) is 11.8 Å². The molecule has 3 N–H and O–H groups in total. The first kappa shape index (κ1) is 13.3. The number of carbonyl (C=O) groups is 2. The normalized spacial score (nSPS) is 28.6. The Hall–Kier alpha value is -1.10. The summed E-state index contributed by atoms with van der Waals surface area (Å²) in [5, 5.41) is 3.03. The summed E-state index contributed by atoms with van der Waals surface area (Å²) in [7, 11) is 0. The summed E-state index contributed by atoms with van der Waals surface area (Å²) in [6.45, 7) is 5.64.